The minimum atomic E-state index is -1.02. The fourth-order valence-electron chi connectivity index (χ4n) is 3.39. The van der Waals surface area contributed by atoms with Crippen LogP contribution >= 0.6 is 15.9 Å². The predicted octanol–water partition coefficient (Wildman–Crippen LogP) is 2.69. The van der Waals surface area contributed by atoms with Crippen molar-refractivity contribution in [2.75, 3.05) is 18.8 Å². The number of benzene rings is 1. The minimum absolute atomic E-state index is 0.215. The van der Waals surface area contributed by atoms with E-state index in [2.05, 4.69) is 21.2 Å². The number of nitrogens with one attached hydrogen (secondary N) is 1. The highest BCUT2D eigenvalue weighted by molar-refractivity contribution is 9.10. The second-order valence-electron chi connectivity index (χ2n) is 6.37. The lowest BCUT2D eigenvalue weighted by Gasteiger charge is -2.24. The van der Waals surface area contributed by atoms with Crippen LogP contribution in [0, 0.1) is 0 Å². The number of hydrogen-bond donors (Lipinski definition) is 1. The average molecular weight is 399 g/mol. The molecule has 2 saturated heterocycles. The lowest BCUT2D eigenvalue weighted by molar-refractivity contribution is -0.131. The Morgan fingerprint density at radius 1 is 1.22 bits per heavy atom. The maximum absolute atomic E-state index is 12.4. The molecule has 2 aliphatic heterocycles. The molecule has 2 bridgehead atoms. The fraction of sp³-hybridized carbons (Fsp3) is 0.588. The van der Waals surface area contributed by atoms with Gasteiger partial charge in [-0.25, -0.2) is 0 Å². The Bertz CT molecular complexity index is 578. The molecule has 6 heteroatoms. The third-order valence-corrected chi connectivity index (χ3v) is 6.66. The number of carbonyl (C=O) groups is 1. The molecule has 1 amide bonds. The number of likely N-dealkylation sites (tertiary alicyclic amines) is 1. The van der Waals surface area contributed by atoms with Gasteiger partial charge in [0, 0.05) is 46.7 Å². The molecular formula is C17H23BrN2O2S. The number of halogens is 1. The van der Waals surface area contributed by atoms with E-state index in [1.54, 1.807) is 0 Å². The first kappa shape index (κ1) is 17.1. The summed E-state index contributed by atoms with van der Waals surface area (Å²) in [6.07, 6.45) is 4.67. The van der Waals surface area contributed by atoms with Crippen molar-refractivity contribution in [2.45, 2.75) is 49.1 Å². The van der Waals surface area contributed by atoms with Crippen LogP contribution < -0.4 is 5.32 Å². The van der Waals surface area contributed by atoms with Gasteiger partial charge >= 0.3 is 0 Å². The van der Waals surface area contributed by atoms with Crippen LogP contribution in [0.25, 0.3) is 0 Å². The van der Waals surface area contributed by atoms with Crippen LogP contribution in [0.1, 0.15) is 32.1 Å². The maximum Gasteiger partial charge on any atom is 0.222 e. The van der Waals surface area contributed by atoms with Gasteiger partial charge in [-0.3, -0.25) is 9.00 Å². The number of fused-ring (bicyclic) bond motifs is 2. The normalized spacial score (nSPS) is 25.2. The van der Waals surface area contributed by atoms with Crippen molar-refractivity contribution >= 4 is 32.6 Å². The molecule has 2 aliphatic rings. The zero-order valence-corrected chi connectivity index (χ0v) is 15.6. The molecule has 4 nitrogen and oxygen atoms in total. The molecule has 1 aromatic carbocycles. The average Bonchev–Trinajstić information content (AvgIpc) is 2.86. The molecule has 2 heterocycles. The zero-order chi connectivity index (χ0) is 16.2. The molecule has 0 aliphatic carbocycles. The standard InChI is InChI=1S/C17H23BrN2O2S/c18-13-3-7-16(8-4-13)23(22)11-1-2-17(21)20-10-9-14-5-6-15(12-20)19-14/h3-4,7-8,14-15,19H,1-2,5-6,9-12H2. The summed E-state index contributed by atoms with van der Waals surface area (Å²) in [6.45, 7) is 1.70. The molecule has 23 heavy (non-hydrogen) atoms. The highest BCUT2D eigenvalue weighted by Crippen LogP contribution is 2.21. The summed E-state index contributed by atoms with van der Waals surface area (Å²) >= 11 is 3.38. The molecule has 0 spiro atoms. The van der Waals surface area contributed by atoms with Gasteiger partial charge in [0.25, 0.3) is 0 Å². The number of nitrogens with zero attached hydrogens (tertiary/aromatic N) is 1. The van der Waals surface area contributed by atoms with E-state index in [1.807, 2.05) is 29.2 Å². The third kappa shape index (κ3) is 4.64. The zero-order valence-electron chi connectivity index (χ0n) is 13.2. The van der Waals surface area contributed by atoms with Gasteiger partial charge in [0.05, 0.1) is 10.8 Å². The first-order chi connectivity index (χ1) is 11.1. The van der Waals surface area contributed by atoms with E-state index in [9.17, 15) is 9.00 Å². The largest absolute Gasteiger partial charge is 0.341 e. The van der Waals surface area contributed by atoms with Crippen LogP contribution in [0.2, 0.25) is 0 Å². The molecule has 3 unspecified atom stereocenters. The van der Waals surface area contributed by atoms with E-state index >= 15 is 0 Å². The SMILES string of the molecule is O=C(CCCS(=O)c1ccc(Br)cc1)N1CCC2CCC(C1)N2. The van der Waals surface area contributed by atoms with Crippen molar-refractivity contribution < 1.29 is 9.00 Å². The highest BCUT2D eigenvalue weighted by Gasteiger charge is 2.30. The monoisotopic (exact) mass is 398 g/mol. The Morgan fingerprint density at radius 2 is 1.96 bits per heavy atom. The summed E-state index contributed by atoms with van der Waals surface area (Å²) in [5.74, 6) is 0.762. The van der Waals surface area contributed by atoms with Gasteiger partial charge in [-0.1, -0.05) is 15.9 Å². The Kier molecular flexibility index (Phi) is 5.88. The first-order valence-electron chi connectivity index (χ1n) is 8.29. The topological polar surface area (TPSA) is 49.4 Å². The quantitative estimate of drug-likeness (QED) is 0.829. The number of carbonyl (C=O) groups excluding carboxylic acids is 1. The summed E-state index contributed by atoms with van der Waals surface area (Å²) in [4.78, 5) is 15.2. The van der Waals surface area contributed by atoms with E-state index in [0.29, 0.717) is 30.7 Å². The second kappa shape index (κ2) is 7.90. The predicted molar refractivity (Wildman–Crippen MR) is 95.8 cm³/mol. The van der Waals surface area contributed by atoms with Gasteiger partial charge < -0.3 is 10.2 Å². The van der Waals surface area contributed by atoms with Gasteiger partial charge in [0.2, 0.25) is 5.91 Å². The van der Waals surface area contributed by atoms with E-state index in [-0.39, 0.29) is 5.91 Å². The minimum Gasteiger partial charge on any atom is -0.341 e. The van der Waals surface area contributed by atoms with Gasteiger partial charge in [0.1, 0.15) is 0 Å². The molecular weight excluding hydrogens is 376 g/mol. The van der Waals surface area contributed by atoms with Crippen LogP contribution in [0.15, 0.2) is 33.6 Å². The molecule has 2 fully saturated rings. The van der Waals surface area contributed by atoms with Crippen molar-refractivity contribution in [1.29, 1.82) is 0 Å². The van der Waals surface area contributed by atoms with Crippen LogP contribution in [0.5, 0.6) is 0 Å². The Hall–Kier alpha value is -0.720. The van der Waals surface area contributed by atoms with Gasteiger partial charge in [-0.05, 0) is 49.9 Å². The molecule has 0 radical (unpaired) electrons. The van der Waals surface area contributed by atoms with E-state index < -0.39 is 10.8 Å². The molecule has 1 aromatic rings. The molecule has 0 saturated carbocycles. The van der Waals surface area contributed by atoms with Crippen molar-refractivity contribution in [3.63, 3.8) is 0 Å². The van der Waals surface area contributed by atoms with Crippen molar-refractivity contribution in [1.82, 2.24) is 10.2 Å². The highest BCUT2D eigenvalue weighted by atomic mass is 79.9. The number of rotatable bonds is 5. The Morgan fingerprint density at radius 3 is 2.74 bits per heavy atom. The van der Waals surface area contributed by atoms with Gasteiger partial charge in [0.15, 0.2) is 0 Å². The van der Waals surface area contributed by atoms with Gasteiger partial charge in [-0.2, -0.15) is 0 Å². The summed E-state index contributed by atoms with van der Waals surface area (Å²) in [7, 11) is -1.02. The van der Waals surface area contributed by atoms with E-state index in [4.69, 9.17) is 0 Å². The van der Waals surface area contributed by atoms with Crippen LogP contribution in [0.3, 0.4) is 0 Å². The summed E-state index contributed by atoms with van der Waals surface area (Å²) < 4.78 is 13.2. The maximum atomic E-state index is 12.4. The van der Waals surface area contributed by atoms with Crippen molar-refractivity contribution in [3.05, 3.63) is 28.7 Å². The van der Waals surface area contributed by atoms with E-state index in [0.717, 1.165) is 28.9 Å². The van der Waals surface area contributed by atoms with Crippen molar-refractivity contribution in [2.24, 2.45) is 0 Å². The number of amides is 1. The molecule has 3 rings (SSSR count). The van der Waals surface area contributed by atoms with Crippen molar-refractivity contribution in [3.8, 4) is 0 Å². The third-order valence-electron chi connectivity index (χ3n) is 4.67. The summed E-state index contributed by atoms with van der Waals surface area (Å²) in [5.41, 5.74) is 0. The molecule has 1 N–H and O–H groups in total. The Balaban J connectivity index is 1.44. The number of hydrogen-bond acceptors (Lipinski definition) is 3. The molecule has 0 aromatic heterocycles. The summed E-state index contributed by atoms with van der Waals surface area (Å²) in [6, 6.07) is 8.62. The van der Waals surface area contributed by atoms with Gasteiger partial charge in [-0.15, -0.1) is 0 Å². The second-order valence-corrected chi connectivity index (χ2v) is 8.86. The van der Waals surface area contributed by atoms with Crippen LogP contribution in [-0.2, 0) is 15.6 Å². The van der Waals surface area contributed by atoms with Crippen LogP contribution in [-0.4, -0.2) is 45.9 Å². The fourth-order valence-corrected chi connectivity index (χ4v) is 4.73. The first-order valence-corrected chi connectivity index (χ1v) is 10.4. The van der Waals surface area contributed by atoms with E-state index in [1.165, 1.54) is 12.8 Å². The van der Waals surface area contributed by atoms with Crippen LogP contribution in [0.4, 0.5) is 0 Å². The molecule has 126 valence electrons. The smallest absolute Gasteiger partial charge is 0.222 e. The summed E-state index contributed by atoms with van der Waals surface area (Å²) in [5, 5.41) is 3.59. The molecule has 3 atom stereocenters. The lowest BCUT2D eigenvalue weighted by atomic mass is 10.1. The Labute approximate surface area is 148 Å². The lowest BCUT2D eigenvalue weighted by Crippen LogP contribution is -2.39.